The number of aryl methyl sites for hydroxylation is 1. The molecule has 27 heavy (non-hydrogen) atoms. The van der Waals surface area contributed by atoms with Crippen LogP contribution in [0.15, 0.2) is 65.5 Å². The molecule has 0 bridgehead atoms. The number of ketones is 2. The number of aromatic amines is 1. The average molecular weight is 354 g/mol. The minimum Gasteiger partial charge on any atom is -0.289 e. The minimum absolute atomic E-state index is 0.202. The lowest BCUT2D eigenvalue weighted by molar-refractivity contribution is 0.0980. The molecule has 1 N–H and O–H groups in total. The van der Waals surface area contributed by atoms with Crippen molar-refractivity contribution in [1.29, 1.82) is 0 Å². The van der Waals surface area contributed by atoms with E-state index in [0.717, 1.165) is 5.56 Å². The Bertz CT molecular complexity index is 1340. The molecule has 1 aliphatic rings. The SMILES string of the molecule is Cc1ccccc1-n1[nH]c2c3c(ccc2c1=O)C(=O)c1ccccc1C3=O. The van der Waals surface area contributed by atoms with Gasteiger partial charge in [-0.15, -0.1) is 0 Å². The summed E-state index contributed by atoms with van der Waals surface area (Å²) in [7, 11) is 0. The molecule has 0 fully saturated rings. The lowest BCUT2D eigenvalue weighted by Crippen LogP contribution is -2.21. The molecule has 0 unspecified atom stereocenters. The van der Waals surface area contributed by atoms with Crippen LogP contribution in [0.3, 0.4) is 0 Å². The maximum Gasteiger partial charge on any atom is 0.279 e. The van der Waals surface area contributed by atoms with E-state index in [9.17, 15) is 14.4 Å². The summed E-state index contributed by atoms with van der Waals surface area (Å²) in [6.45, 7) is 1.91. The number of nitrogens with zero attached hydrogens (tertiary/aromatic N) is 1. The van der Waals surface area contributed by atoms with E-state index in [1.165, 1.54) is 4.68 Å². The summed E-state index contributed by atoms with van der Waals surface area (Å²) in [6, 6.07) is 17.5. The Balaban J connectivity index is 1.85. The Morgan fingerprint density at radius 1 is 0.741 bits per heavy atom. The van der Waals surface area contributed by atoms with Crippen LogP contribution in [0.2, 0.25) is 0 Å². The summed E-state index contributed by atoms with van der Waals surface area (Å²) >= 11 is 0. The van der Waals surface area contributed by atoms with E-state index < -0.39 is 0 Å². The number of para-hydroxylation sites is 1. The molecule has 0 saturated heterocycles. The maximum absolute atomic E-state index is 13.1. The lowest BCUT2D eigenvalue weighted by Gasteiger charge is -2.17. The van der Waals surface area contributed by atoms with E-state index in [4.69, 9.17) is 0 Å². The molecule has 5 rings (SSSR count). The quantitative estimate of drug-likeness (QED) is 0.501. The summed E-state index contributed by atoms with van der Waals surface area (Å²) in [6.07, 6.45) is 0. The second-order valence-electron chi connectivity index (χ2n) is 6.65. The Kier molecular flexibility index (Phi) is 3.09. The summed E-state index contributed by atoms with van der Waals surface area (Å²) < 4.78 is 1.43. The van der Waals surface area contributed by atoms with Gasteiger partial charge in [-0.25, -0.2) is 4.68 Å². The molecule has 0 aliphatic heterocycles. The molecule has 0 spiro atoms. The van der Waals surface area contributed by atoms with Gasteiger partial charge in [-0.05, 0) is 30.7 Å². The summed E-state index contributed by atoms with van der Waals surface area (Å²) in [5.74, 6) is -0.449. The minimum atomic E-state index is -0.249. The summed E-state index contributed by atoms with van der Waals surface area (Å²) in [5, 5.41) is 3.45. The van der Waals surface area contributed by atoms with Crippen molar-refractivity contribution in [3.63, 3.8) is 0 Å². The number of carbonyl (C=O) groups is 2. The molecule has 0 amide bonds. The van der Waals surface area contributed by atoms with Gasteiger partial charge in [0.15, 0.2) is 11.6 Å². The predicted octanol–water partition coefficient (Wildman–Crippen LogP) is 3.40. The van der Waals surface area contributed by atoms with Crippen molar-refractivity contribution in [3.05, 3.63) is 98.8 Å². The van der Waals surface area contributed by atoms with Crippen LogP contribution in [0.1, 0.15) is 37.4 Å². The van der Waals surface area contributed by atoms with Gasteiger partial charge in [0.25, 0.3) is 5.56 Å². The van der Waals surface area contributed by atoms with Crippen molar-refractivity contribution in [1.82, 2.24) is 9.78 Å². The van der Waals surface area contributed by atoms with Crippen LogP contribution in [0.25, 0.3) is 16.6 Å². The van der Waals surface area contributed by atoms with Crippen molar-refractivity contribution < 1.29 is 9.59 Å². The van der Waals surface area contributed by atoms with E-state index in [-0.39, 0.29) is 22.7 Å². The smallest absolute Gasteiger partial charge is 0.279 e. The number of hydrogen-bond acceptors (Lipinski definition) is 3. The topological polar surface area (TPSA) is 71.9 Å². The van der Waals surface area contributed by atoms with E-state index in [2.05, 4.69) is 5.10 Å². The van der Waals surface area contributed by atoms with Crippen molar-refractivity contribution in [2.45, 2.75) is 6.92 Å². The van der Waals surface area contributed by atoms with Crippen LogP contribution >= 0.6 is 0 Å². The lowest BCUT2D eigenvalue weighted by atomic mass is 9.83. The van der Waals surface area contributed by atoms with Crippen LogP contribution in [0, 0.1) is 6.92 Å². The predicted molar refractivity (Wildman–Crippen MR) is 102 cm³/mol. The number of nitrogens with one attached hydrogen (secondary N) is 1. The van der Waals surface area contributed by atoms with Gasteiger partial charge in [0.05, 0.1) is 22.2 Å². The molecule has 0 atom stereocenters. The molecular formula is C22H14N2O3. The molecule has 1 aromatic heterocycles. The molecule has 5 nitrogen and oxygen atoms in total. The van der Waals surface area contributed by atoms with Crippen molar-refractivity contribution in [3.8, 4) is 5.69 Å². The third-order valence-corrected chi connectivity index (χ3v) is 5.11. The zero-order valence-electron chi connectivity index (χ0n) is 14.4. The number of fused-ring (bicyclic) bond motifs is 4. The third kappa shape index (κ3) is 2.02. The van der Waals surface area contributed by atoms with E-state index >= 15 is 0 Å². The highest BCUT2D eigenvalue weighted by Gasteiger charge is 2.32. The first kappa shape index (κ1) is 15.5. The Hall–Kier alpha value is -3.73. The van der Waals surface area contributed by atoms with Gasteiger partial charge >= 0.3 is 0 Å². The highest BCUT2D eigenvalue weighted by molar-refractivity contribution is 6.31. The van der Waals surface area contributed by atoms with Crippen LogP contribution < -0.4 is 5.56 Å². The first-order chi connectivity index (χ1) is 13.1. The van der Waals surface area contributed by atoms with Gasteiger partial charge in [-0.3, -0.25) is 19.5 Å². The molecule has 5 heteroatoms. The summed E-state index contributed by atoms with van der Waals surface area (Å²) in [4.78, 5) is 38.9. The van der Waals surface area contributed by atoms with Gasteiger partial charge < -0.3 is 0 Å². The fraction of sp³-hybridized carbons (Fsp3) is 0.0455. The highest BCUT2D eigenvalue weighted by Crippen LogP contribution is 2.31. The molecule has 1 heterocycles. The molecule has 1 aliphatic carbocycles. The molecule has 0 radical (unpaired) electrons. The number of rotatable bonds is 1. The van der Waals surface area contributed by atoms with Gasteiger partial charge in [0.2, 0.25) is 0 Å². The van der Waals surface area contributed by atoms with Crippen molar-refractivity contribution >= 4 is 22.5 Å². The standard InChI is InChI=1S/C22H14N2O3/c1-12-6-2-5-9-17(12)24-22(27)16-11-10-15-18(19(16)23-24)21(26)14-8-4-3-7-13(14)20(15)25/h2-11,23H,1H3. The van der Waals surface area contributed by atoms with Gasteiger partial charge in [0, 0.05) is 16.7 Å². The molecule has 0 saturated carbocycles. The van der Waals surface area contributed by atoms with Crippen molar-refractivity contribution in [2.75, 3.05) is 0 Å². The van der Waals surface area contributed by atoms with Crippen molar-refractivity contribution in [2.24, 2.45) is 0 Å². The number of aromatic nitrogens is 2. The zero-order chi connectivity index (χ0) is 18.7. The first-order valence-corrected chi connectivity index (χ1v) is 8.60. The zero-order valence-corrected chi connectivity index (χ0v) is 14.4. The van der Waals surface area contributed by atoms with E-state index in [0.29, 0.717) is 33.3 Å². The Labute approximate surface area is 153 Å². The maximum atomic E-state index is 13.1. The largest absolute Gasteiger partial charge is 0.289 e. The van der Waals surface area contributed by atoms with Gasteiger partial charge in [-0.2, -0.15) is 0 Å². The molecule has 130 valence electrons. The third-order valence-electron chi connectivity index (χ3n) is 5.11. The molecular weight excluding hydrogens is 340 g/mol. The monoisotopic (exact) mass is 354 g/mol. The van der Waals surface area contributed by atoms with Gasteiger partial charge in [0.1, 0.15) is 0 Å². The number of H-pyrrole nitrogens is 1. The molecule has 3 aromatic carbocycles. The second-order valence-corrected chi connectivity index (χ2v) is 6.65. The van der Waals surface area contributed by atoms with E-state index in [1.807, 2.05) is 31.2 Å². The second kappa shape index (κ2) is 5.38. The molecule has 4 aromatic rings. The van der Waals surface area contributed by atoms with E-state index in [1.54, 1.807) is 36.4 Å². The Morgan fingerprint density at radius 3 is 2.15 bits per heavy atom. The normalized spacial score (nSPS) is 12.9. The van der Waals surface area contributed by atoms with Crippen LogP contribution in [-0.4, -0.2) is 21.3 Å². The Morgan fingerprint density at radius 2 is 1.41 bits per heavy atom. The number of carbonyl (C=O) groups excluding carboxylic acids is 2. The number of benzene rings is 3. The fourth-order valence-electron chi connectivity index (χ4n) is 3.75. The summed E-state index contributed by atoms with van der Waals surface area (Å²) in [5.41, 5.74) is 3.14. The fourth-order valence-corrected chi connectivity index (χ4v) is 3.75. The van der Waals surface area contributed by atoms with Gasteiger partial charge in [-0.1, -0.05) is 42.5 Å². The average Bonchev–Trinajstić information content (AvgIpc) is 3.02. The van der Waals surface area contributed by atoms with Crippen LogP contribution in [0.5, 0.6) is 0 Å². The highest BCUT2D eigenvalue weighted by atomic mass is 16.1. The van der Waals surface area contributed by atoms with Crippen LogP contribution in [0.4, 0.5) is 0 Å². The number of hydrogen-bond donors (Lipinski definition) is 1. The van der Waals surface area contributed by atoms with Crippen LogP contribution in [-0.2, 0) is 0 Å². The first-order valence-electron chi connectivity index (χ1n) is 8.60.